The second-order valence-electron chi connectivity index (χ2n) is 8.48. The van der Waals surface area contributed by atoms with Crippen molar-refractivity contribution in [1.29, 1.82) is 0 Å². The number of hydrogen-bond donors (Lipinski definition) is 4. The topological polar surface area (TPSA) is 109 Å². The van der Waals surface area contributed by atoms with Crippen LogP contribution in [0, 0.1) is 11.7 Å². The molecule has 10 heteroatoms. The monoisotopic (exact) mass is 450 g/mol. The van der Waals surface area contributed by atoms with Gasteiger partial charge in [0.2, 0.25) is 5.95 Å². The molecule has 2 aliphatic heterocycles. The lowest BCUT2D eigenvalue weighted by Gasteiger charge is -2.23. The third kappa shape index (κ3) is 4.51. The number of pyridine rings is 1. The number of halogens is 1. The molecule has 5 heterocycles. The third-order valence-corrected chi connectivity index (χ3v) is 6.29. The van der Waals surface area contributed by atoms with Gasteiger partial charge in [0.15, 0.2) is 5.82 Å². The second-order valence-corrected chi connectivity index (χ2v) is 8.48. The van der Waals surface area contributed by atoms with Crippen LogP contribution in [0.4, 0.5) is 21.8 Å². The first kappa shape index (κ1) is 21.3. The standard InChI is InChI=1S/C23H27FN8O/c1-32-18-6-9-26-22(33)16(18)10-19(32)21-17(24)13-29-23(31-21)30-20-3-2-15(12-28-20)27-11-14-4-7-25-8-5-14/h2-3,10,12-14,25,27H,4-9,11H2,1H3,(H,26,33)(H,28,29,30,31). The van der Waals surface area contributed by atoms with E-state index in [4.69, 9.17) is 0 Å². The maximum atomic E-state index is 14.6. The first-order chi connectivity index (χ1) is 16.1. The average molecular weight is 451 g/mol. The molecule has 0 spiro atoms. The van der Waals surface area contributed by atoms with E-state index in [1.807, 2.05) is 23.7 Å². The summed E-state index contributed by atoms with van der Waals surface area (Å²) in [6.45, 7) is 3.65. The fourth-order valence-corrected chi connectivity index (χ4v) is 4.40. The van der Waals surface area contributed by atoms with Gasteiger partial charge in [0.25, 0.3) is 5.91 Å². The SMILES string of the molecule is Cn1c(-c2nc(Nc3ccc(NCC4CCNCC4)cn3)ncc2F)cc2c1CCNC2=O. The van der Waals surface area contributed by atoms with Gasteiger partial charge in [0.1, 0.15) is 11.5 Å². The number of piperidine rings is 1. The fraction of sp³-hybridized carbons (Fsp3) is 0.391. The van der Waals surface area contributed by atoms with Crippen molar-refractivity contribution in [3.8, 4) is 11.4 Å². The third-order valence-electron chi connectivity index (χ3n) is 6.29. The molecular formula is C23H27FN8O. The second kappa shape index (κ2) is 9.14. The number of anilines is 3. The van der Waals surface area contributed by atoms with Gasteiger partial charge in [-0.05, 0) is 50.0 Å². The van der Waals surface area contributed by atoms with Gasteiger partial charge in [0.05, 0.1) is 29.3 Å². The lowest BCUT2D eigenvalue weighted by Crippen LogP contribution is -2.31. The first-order valence-corrected chi connectivity index (χ1v) is 11.3. The van der Waals surface area contributed by atoms with Crippen LogP contribution in [0.25, 0.3) is 11.4 Å². The number of hydrogen-bond acceptors (Lipinski definition) is 7. The molecule has 1 fully saturated rings. The highest BCUT2D eigenvalue weighted by atomic mass is 19.1. The van der Waals surface area contributed by atoms with E-state index < -0.39 is 5.82 Å². The molecule has 0 bridgehead atoms. The summed E-state index contributed by atoms with van der Waals surface area (Å²) in [5.41, 5.74) is 3.05. The van der Waals surface area contributed by atoms with Gasteiger partial charge in [-0.2, -0.15) is 0 Å². The highest BCUT2D eigenvalue weighted by Gasteiger charge is 2.25. The molecule has 1 saturated heterocycles. The average Bonchev–Trinajstić information content (AvgIpc) is 3.18. The molecule has 0 saturated carbocycles. The minimum Gasteiger partial charge on any atom is -0.384 e. The van der Waals surface area contributed by atoms with Crippen LogP contribution in [0.2, 0.25) is 0 Å². The van der Waals surface area contributed by atoms with Crippen LogP contribution >= 0.6 is 0 Å². The van der Waals surface area contributed by atoms with Crippen LogP contribution in [0.5, 0.6) is 0 Å². The van der Waals surface area contributed by atoms with E-state index in [2.05, 4.69) is 36.2 Å². The molecule has 5 rings (SSSR count). The Labute approximate surface area is 191 Å². The summed E-state index contributed by atoms with van der Waals surface area (Å²) < 4.78 is 16.5. The molecule has 0 unspecified atom stereocenters. The van der Waals surface area contributed by atoms with Crippen LogP contribution < -0.4 is 21.3 Å². The van der Waals surface area contributed by atoms with Crippen molar-refractivity contribution in [3.05, 3.63) is 47.7 Å². The minimum absolute atomic E-state index is 0.137. The number of carbonyl (C=O) groups excluding carboxylic acids is 1. The Morgan fingerprint density at radius 1 is 1.18 bits per heavy atom. The Morgan fingerprint density at radius 3 is 2.79 bits per heavy atom. The van der Waals surface area contributed by atoms with E-state index in [1.54, 1.807) is 12.3 Å². The Bertz CT molecular complexity index is 1150. The summed E-state index contributed by atoms with van der Waals surface area (Å²) in [5.74, 6) is 0.765. The zero-order valence-electron chi connectivity index (χ0n) is 18.5. The first-order valence-electron chi connectivity index (χ1n) is 11.3. The molecule has 4 N–H and O–H groups in total. The van der Waals surface area contributed by atoms with Crippen molar-refractivity contribution in [2.45, 2.75) is 19.3 Å². The molecule has 0 aliphatic carbocycles. The van der Waals surface area contributed by atoms with Gasteiger partial charge in [-0.3, -0.25) is 4.79 Å². The summed E-state index contributed by atoms with van der Waals surface area (Å²) >= 11 is 0. The zero-order chi connectivity index (χ0) is 22.8. The van der Waals surface area contributed by atoms with E-state index >= 15 is 0 Å². The highest BCUT2D eigenvalue weighted by Crippen LogP contribution is 2.28. The van der Waals surface area contributed by atoms with Crippen LogP contribution in [-0.2, 0) is 13.5 Å². The molecule has 3 aromatic rings. The Balaban J connectivity index is 1.30. The van der Waals surface area contributed by atoms with E-state index in [0.717, 1.165) is 37.2 Å². The quantitative estimate of drug-likeness (QED) is 0.457. The fourth-order valence-electron chi connectivity index (χ4n) is 4.40. The molecule has 3 aromatic heterocycles. The van der Waals surface area contributed by atoms with E-state index in [0.29, 0.717) is 36.0 Å². The molecule has 0 aromatic carbocycles. The molecule has 2 aliphatic rings. The zero-order valence-corrected chi connectivity index (χ0v) is 18.5. The molecular weight excluding hydrogens is 423 g/mol. The normalized spacial score (nSPS) is 16.2. The van der Waals surface area contributed by atoms with Crippen molar-refractivity contribution in [3.63, 3.8) is 0 Å². The number of nitrogens with zero attached hydrogens (tertiary/aromatic N) is 4. The number of aromatic nitrogens is 4. The maximum absolute atomic E-state index is 14.6. The Hall–Kier alpha value is -3.53. The summed E-state index contributed by atoms with van der Waals surface area (Å²) in [7, 11) is 1.82. The van der Waals surface area contributed by atoms with E-state index in [-0.39, 0.29) is 17.5 Å². The van der Waals surface area contributed by atoms with Crippen LogP contribution in [0.1, 0.15) is 28.9 Å². The van der Waals surface area contributed by atoms with Crippen molar-refractivity contribution in [2.75, 3.05) is 36.8 Å². The van der Waals surface area contributed by atoms with Crippen molar-refractivity contribution in [1.82, 2.24) is 30.2 Å². The molecule has 0 atom stereocenters. The van der Waals surface area contributed by atoms with Crippen molar-refractivity contribution in [2.24, 2.45) is 13.0 Å². The van der Waals surface area contributed by atoms with Gasteiger partial charge in [-0.15, -0.1) is 0 Å². The Kier molecular flexibility index (Phi) is 5.91. The van der Waals surface area contributed by atoms with E-state index in [9.17, 15) is 9.18 Å². The molecule has 33 heavy (non-hydrogen) atoms. The largest absolute Gasteiger partial charge is 0.384 e. The summed E-state index contributed by atoms with van der Waals surface area (Å²) in [6.07, 6.45) is 5.94. The van der Waals surface area contributed by atoms with Gasteiger partial charge >= 0.3 is 0 Å². The lowest BCUT2D eigenvalue weighted by atomic mass is 9.98. The van der Waals surface area contributed by atoms with Gasteiger partial charge < -0.3 is 25.8 Å². The number of amides is 1. The summed E-state index contributed by atoms with van der Waals surface area (Å²) in [6, 6.07) is 5.47. The molecule has 1 amide bonds. The van der Waals surface area contributed by atoms with Gasteiger partial charge in [0, 0.05) is 32.3 Å². The number of carbonyl (C=O) groups is 1. The van der Waals surface area contributed by atoms with Gasteiger partial charge in [-0.1, -0.05) is 0 Å². The molecule has 0 radical (unpaired) electrons. The smallest absolute Gasteiger partial charge is 0.253 e. The highest BCUT2D eigenvalue weighted by molar-refractivity contribution is 5.97. The number of rotatable bonds is 6. The predicted octanol–water partition coefficient (Wildman–Crippen LogP) is 2.46. The predicted molar refractivity (Wildman–Crippen MR) is 124 cm³/mol. The summed E-state index contributed by atoms with van der Waals surface area (Å²) in [5, 5.41) is 12.7. The number of nitrogens with one attached hydrogen (secondary N) is 4. The van der Waals surface area contributed by atoms with Crippen molar-refractivity contribution < 1.29 is 9.18 Å². The van der Waals surface area contributed by atoms with Crippen LogP contribution in [0.3, 0.4) is 0 Å². The minimum atomic E-state index is -0.552. The number of fused-ring (bicyclic) bond motifs is 1. The summed E-state index contributed by atoms with van der Waals surface area (Å²) in [4.78, 5) is 25.0. The molecule has 9 nitrogen and oxygen atoms in total. The van der Waals surface area contributed by atoms with Crippen LogP contribution in [0.15, 0.2) is 30.6 Å². The van der Waals surface area contributed by atoms with Gasteiger partial charge in [-0.25, -0.2) is 19.3 Å². The lowest BCUT2D eigenvalue weighted by molar-refractivity contribution is 0.0945. The maximum Gasteiger partial charge on any atom is 0.253 e. The Morgan fingerprint density at radius 2 is 2.03 bits per heavy atom. The van der Waals surface area contributed by atoms with E-state index in [1.165, 1.54) is 12.8 Å². The molecule has 172 valence electrons. The van der Waals surface area contributed by atoms with Crippen molar-refractivity contribution >= 4 is 23.4 Å². The van der Waals surface area contributed by atoms with Crippen LogP contribution in [-0.4, -0.2) is 51.6 Å².